The predicted octanol–water partition coefficient (Wildman–Crippen LogP) is 3.55. The summed E-state index contributed by atoms with van der Waals surface area (Å²) in [6.45, 7) is 1.41. The zero-order valence-electron chi connectivity index (χ0n) is 14.8. The maximum atomic E-state index is 13.0. The van der Waals surface area contributed by atoms with E-state index in [0.29, 0.717) is 12.4 Å². The van der Waals surface area contributed by atoms with Gasteiger partial charge in [0.25, 0.3) is 0 Å². The number of aliphatic hydroxyl groups is 1. The Morgan fingerprint density at radius 3 is 2.54 bits per heavy atom. The van der Waals surface area contributed by atoms with Crippen LogP contribution in [0.5, 0.6) is 11.5 Å². The fourth-order valence-corrected chi connectivity index (χ4v) is 3.25. The number of rotatable bonds is 8. The molecule has 2 aromatic carbocycles. The average Bonchev–Trinajstić information content (AvgIpc) is 2.67. The first-order valence-electron chi connectivity index (χ1n) is 9.24. The second-order valence-electron chi connectivity index (χ2n) is 6.61. The minimum atomic E-state index is -0.580. The number of halogens is 1. The van der Waals surface area contributed by atoms with Gasteiger partial charge in [-0.1, -0.05) is 18.2 Å². The first-order chi connectivity index (χ1) is 12.7. The third-order valence-corrected chi connectivity index (χ3v) is 4.64. The summed E-state index contributed by atoms with van der Waals surface area (Å²) in [6, 6.07) is 15.7. The summed E-state index contributed by atoms with van der Waals surface area (Å²) in [5, 5.41) is 14.0. The lowest BCUT2D eigenvalue weighted by Gasteiger charge is -2.35. The molecule has 0 aliphatic heterocycles. The van der Waals surface area contributed by atoms with Crippen LogP contribution in [-0.2, 0) is 0 Å². The number of nitrogens with one attached hydrogen (secondary N) is 1. The monoisotopic (exact) mass is 359 g/mol. The van der Waals surface area contributed by atoms with E-state index >= 15 is 0 Å². The van der Waals surface area contributed by atoms with Crippen LogP contribution in [0, 0.1) is 5.82 Å². The molecule has 3 atom stereocenters. The lowest BCUT2D eigenvalue weighted by molar-refractivity contribution is -0.0154. The second kappa shape index (κ2) is 9.55. The number of para-hydroxylation sites is 1. The van der Waals surface area contributed by atoms with Crippen molar-refractivity contribution in [1.82, 2.24) is 5.32 Å². The summed E-state index contributed by atoms with van der Waals surface area (Å²) in [5.41, 5.74) is 0. The molecule has 5 heteroatoms. The number of ether oxygens (including phenoxy) is 2. The number of benzene rings is 2. The highest BCUT2D eigenvalue weighted by atomic mass is 19.1. The van der Waals surface area contributed by atoms with Gasteiger partial charge in [0, 0.05) is 6.04 Å². The molecule has 0 amide bonds. The zero-order chi connectivity index (χ0) is 18.2. The van der Waals surface area contributed by atoms with Crippen molar-refractivity contribution in [2.75, 3.05) is 13.2 Å². The molecule has 0 saturated heterocycles. The van der Waals surface area contributed by atoms with Crippen molar-refractivity contribution in [2.45, 2.75) is 43.9 Å². The highest BCUT2D eigenvalue weighted by Gasteiger charge is 2.32. The predicted molar refractivity (Wildman–Crippen MR) is 99.0 cm³/mol. The maximum absolute atomic E-state index is 13.0. The minimum absolute atomic E-state index is 0.00548. The second-order valence-corrected chi connectivity index (χ2v) is 6.61. The van der Waals surface area contributed by atoms with Gasteiger partial charge in [-0.25, -0.2) is 4.39 Å². The van der Waals surface area contributed by atoms with Crippen molar-refractivity contribution in [2.24, 2.45) is 0 Å². The maximum Gasteiger partial charge on any atom is 0.126 e. The van der Waals surface area contributed by atoms with Gasteiger partial charge in [-0.15, -0.1) is 0 Å². The number of hydrogen-bond acceptors (Lipinski definition) is 4. The van der Waals surface area contributed by atoms with Crippen LogP contribution in [0.4, 0.5) is 4.39 Å². The van der Waals surface area contributed by atoms with E-state index in [4.69, 9.17) is 9.47 Å². The lowest BCUT2D eigenvalue weighted by Crippen LogP contribution is -2.51. The minimum Gasteiger partial charge on any atom is -0.494 e. The van der Waals surface area contributed by atoms with Crippen molar-refractivity contribution < 1.29 is 19.0 Å². The first kappa shape index (κ1) is 18.7. The molecule has 0 spiro atoms. The Kier molecular flexibility index (Phi) is 6.86. The van der Waals surface area contributed by atoms with Gasteiger partial charge in [-0.2, -0.15) is 0 Å². The van der Waals surface area contributed by atoms with Crippen molar-refractivity contribution in [3.63, 3.8) is 0 Å². The molecule has 1 aliphatic rings. The molecule has 1 aliphatic carbocycles. The van der Waals surface area contributed by atoms with Gasteiger partial charge in [0.2, 0.25) is 0 Å². The molecule has 1 saturated carbocycles. The van der Waals surface area contributed by atoms with E-state index in [0.717, 1.165) is 38.0 Å². The Labute approximate surface area is 154 Å². The smallest absolute Gasteiger partial charge is 0.126 e. The van der Waals surface area contributed by atoms with E-state index in [1.807, 2.05) is 30.3 Å². The molecular weight excluding hydrogens is 333 g/mol. The van der Waals surface area contributed by atoms with Crippen LogP contribution in [0.1, 0.15) is 25.7 Å². The standard InChI is InChI=1S/C21H26FNO3/c22-16-10-12-18(13-11-16)26-20-9-4-8-19(21(20)24)23-14-5-15-25-17-6-2-1-3-7-17/h1-3,6-7,10-13,19-21,23-24H,4-5,8-9,14-15H2/t19-,20+,21+/m0/s1. The Morgan fingerprint density at radius 1 is 1.00 bits per heavy atom. The van der Waals surface area contributed by atoms with E-state index < -0.39 is 6.10 Å². The van der Waals surface area contributed by atoms with E-state index in [9.17, 15) is 9.50 Å². The zero-order valence-corrected chi connectivity index (χ0v) is 14.8. The first-order valence-corrected chi connectivity index (χ1v) is 9.24. The van der Waals surface area contributed by atoms with E-state index in [-0.39, 0.29) is 18.0 Å². The molecule has 2 aromatic rings. The molecule has 0 unspecified atom stereocenters. The average molecular weight is 359 g/mol. The third kappa shape index (κ3) is 5.44. The Morgan fingerprint density at radius 2 is 1.77 bits per heavy atom. The van der Waals surface area contributed by atoms with E-state index in [1.165, 1.54) is 12.1 Å². The molecule has 140 valence electrons. The van der Waals surface area contributed by atoms with Gasteiger partial charge in [-0.05, 0) is 68.6 Å². The quantitative estimate of drug-likeness (QED) is 0.708. The molecule has 3 rings (SSSR count). The van der Waals surface area contributed by atoms with Gasteiger partial charge in [0.05, 0.1) is 6.61 Å². The molecule has 1 fully saturated rings. The lowest BCUT2D eigenvalue weighted by atomic mass is 9.89. The fourth-order valence-electron chi connectivity index (χ4n) is 3.25. The molecule has 0 aromatic heterocycles. The highest BCUT2D eigenvalue weighted by Crippen LogP contribution is 2.24. The van der Waals surface area contributed by atoms with Crippen molar-refractivity contribution in [3.8, 4) is 11.5 Å². The van der Waals surface area contributed by atoms with Crippen LogP contribution in [-0.4, -0.2) is 36.5 Å². The van der Waals surface area contributed by atoms with Gasteiger partial charge in [-0.3, -0.25) is 0 Å². The SMILES string of the molecule is O[C@@H]1[C@@H](NCCCOc2ccccc2)CCC[C@H]1Oc1ccc(F)cc1. The molecular formula is C21H26FNO3. The molecule has 0 radical (unpaired) electrons. The summed E-state index contributed by atoms with van der Waals surface area (Å²) < 4.78 is 24.5. The molecule has 4 nitrogen and oxygen atoms in total. The summed E-state index contributed by atoms with van der Waals surface area (Å²) in [7, 11) is 0. The fraction of sp³-hybridized carbons (Fsp3) is 0.429. The summed E-state index contributed by atoms with van der Waals surface area (Å²) in [6.07, 6.45) is 2.72. The van der Waals surface area contributed by atoms with E-state index in [2.05, 4.69) is 5.32 Å². The van der Waals surface area contributed by atoms with Gasteiger partial charge >= 0.3 is 0 Å². The van der Waals surface area contributed by atoms with Gasteiger partial charge in [0.15, 0.2) is 0 Å². The van der Waals surface area contributed by atoms with Crippen LogP contribution in [0.3, 0.4) is 0 Å². The van der Waals surface area contributed by atoms with Crippen molar-refractivity contribution in [3.05, 3.63) is 60.4 Å². The third-order valence-electron chi connectivity index (χ3n) is 4.64. The topological polar surface area (TPSA) is 50.7 Å². The Balaban J connectivity index is 1.39. The number of hydrogen-bond donors (Lipinski definition) is 2. The summed E-state index contributed by atoms with van der Waals surface area (Å²) in [4.78, 5) is 0. The van der Waals surface area contributed by atoms with Crippen LogP contribution in [0.2, 0.25) is 0 Å². The molecule has 26 heavy (non-hydrogen) atoms. The van der Waals surface area contributed by atoms with Crippen molar-refractivity contribution in [1.29, 1.82) is 0 Å². The van der Waals surface area contributed by atoms with Crippen LogP contribution >= 0.6 is 0 Å². The van der Waals surface area contributed by atoms with Crippen LogP contribution in [0.25, 0.3) is 0 Å². The van der Waals surface area contributed by atoms with Crippen LogP contribution < -0.4 is 14.8 Å². The number of aliphatic hydroxyl groups excluding tert-OH is 1. The normalized spacial score (nSPS) is 22.8. The summed E-state index contributed by atoms with van der Waals surface area (Å²) >= 11 is 0. The van der Waals surface area contributed by atoms with E-state index in [1.54, 1.807) is 12.1 Å². The highest BCUT2D eigenvalue weighted by molar-refractivity contribution is 5.23. The van der Waals surface area contributed by atoms with Crippen molar-refractivity contribution >= 4 is 0 Å². The molecule has 0 bridgehead atoms. The summed E-state index contributed by atoms with van der Waals surface area (Å²) in [5.74, 6) is 1.17. The van der Waals surface area contributed by atoms with Gasteiger partial charge < -0.3 is 19.9 Å². The molecule has 2 N–H and O–H groups in total. The Bertz CT molecular complexity index is 650. The van der Waals surface area contributed by atoms with Crippen LogP contribution in [0.15, 0.2) is 54.6 Å². The largest absolute Gasteiger partial charge is 0.494 e. The molecule has 0 heterocycles. The Hall–Kier alpha value is -2.11. The van der Waals surface area contributed by atoms with Gasteiger partial charge in [0.1, 0.15) is 29.5 Å².